The van der Waals surface area contributed by atoms with Gasteiger partial charge in [-0.3, -0.25) is 9.36 Å². The van der Waals surface area contributed by atoms with Crippen LogP contribution in [-0.2, 0) is 4.79 Å². The van der Waals surface area contributed by atoms with Crippen molar-refractivity contribution in [2.24, 2.45) is 5.10 Å². The molecule has 4 rings (SSSR count). The van der Waals surface area contributed by atoms with E-state index in [0.717, 1.165) is 16.8 Å². The maximum absolute atomic E-state index is 12.3. The molecule has 1 amide bonds. The molecule has 4 aromatic rings. The van der Waals surface area contributed by atoms with Crippen LogP contribution in [0.25, 0.3) is 17.1 Å². The summed E-state index contributed by atoms with van der Waals surface area (Å²) in [5.41, 5.74) is 6.30. The molecule has 0 fully saturated rings. The third-order valence-corrected chi connectivity index (χ3v) is 5.78. The highest BCUT2D eigenvalue weighted by Crippen LogP contribution is 2.28. The summed E-state index contributed by atoms with van der Waals surface area (Å²) in [6, 6.07) is 24.0. The minimum atomic E-state index is -0.997. The molecule has 0 atom stereocenters. The maximum Gasteiger partial charge on any atom is 0.335 e. The van der Waals surface area contributed by atoms with Crippen molar-refractivity contribution in [3.05, 3.63) is 95.6 Å². The monoisotopic (exact) mass is 471 g/mol. The molecule has 0 radical (unpaired) electrons. The van der Waals surface area contributed by atoms with E-state index in [-0.39, 0.29) is 17.2 Å². The number of aromatic nitrogens is 3. The Bertz CT molecular complexity index is 1320. The largest absolute Gasteiger partial charge is 0.478 e. The highest BCUT2D eigenvalue weighted by Gasteiger charge is 2.17. The molecule has 1 heterocycles. The van der Waals surface area contributed by atoms with Crippen LogP contribution in [0.3, 0.4) is 0 Å². The second kappa shape index (κ2) is 10.6. The zero-order valence-electron chi connectivity index (χ0n) is 18.3. The number of hydrazone groups is 1. The smallest absolute Gasteiger partial charge is 0.335 e. The molecule has 2 N–H and O–H groups in total. The van der Waals surface area contributed by atoms with Crippen molar-refractivity contribution in [2.45, 2.75) is 12.1 Å². The molecule has 1 aromatic heterocycles. The number of thioether (sulfide) groups is 1. The van der Waals surface area contributed by atoms with Crippen molar-refractivity contribution >= 4 is 29.9 Å². The molecule has 9 heteroatoms. The van der Waals surface area contributed by atoms with Gasteiger partial charge in [0.1, 0.15) is 0 Å². The van der Waals surface area contributed by atoms with Crippen LogP contribution in [0.2, 0.25) is 0 Å². The Balaban J connectivity index is 1.46. The highest BCUT2D eigenvalue weighted by molar-refractivity contribution is 7.99. The van der Waals surface area contributed by atoms with Gasteiger partial charge in [0.15, 0.2) is 11.0 Å². The SMILES string of the molecule is Cc1ccc(-n2c(SCC(=O)NN=Cc3ccc(C(=O)O)cc3)nnc2-c2ccccc2)cc1. The fraction of sp³-hybridized carbons (Fsp3) is 0.0800. The molecule has 0 spiro atoms. The topological polar surface area (TPSA) is 109 Å². The van der Waals surface area contributed by atoms with Crippen molar-refractivity contribution in [1.29, 1.82) is 0 Å². The van der Waals surface area contributed by atoms with Gasteiger partial charge in [0.25, 0.3) is 5.91 Å². The van der Waals surface area contributed by atoms with Gasteiger partial charge in [-0.25, -0.2) is 10.2 Å². The van der Waals surface area contributed by atoms with Crippen LogP contribution in [0.1, 0.15) is 21.5 Å². The number of benzene rings is 3. The molecular weight excluding hydrogens is 450 g/mol. The molecule has 8 nitrogen and oxygen atoms in total. The van der Waals surface area contributed by atoms with Crippen molar-refractivity contribution in [1.82, 2.24) is 20.2 Å². The number of rotatable bonds is 8. The number of amides is 1. The summed E-state index contributed by atoms with van der Waals surface area (Å²) >= 11 is 1.26. The van der Waals surface area contributed by atoms with Gasteiger partial charge in [0, 0.05) is 11.3 Å². The maximum atomic E-state index is 12.3. The number of aryl methyl sites for hydroxylation is 1. The minimum absolute atomic E-state index is 0.0913. The van der Waals surface area contributed by atoms with Crippen LogP contribution in [0.4, 0.5) is 0 Å². The number of aromatic carboxylic acids is 1. The summed E-state index contributed by atoms with van der Waals surface area (Å²) < 4.78 is 1.93. The molecule has 0 unspecified atom stereocenters. The normalized spacial score (nSPS) is 11.0. The number of carboxylic acids is 1. The summed E-state index contributed by atoms with van der Waals surface area (Å²) in [4.78, 5) is 23.3. The van der Waals surface area contributed by atoms with E-state index in [0.29, 0.717) is 16.5 Å². The Morgan fingerprint density at radius 2 is 1.71 bits per heavy atom. The third-order valence-electron chi connectivity index (χ3n) is 4.85. The van der Waals surface area contributed by atoms with Gasteiger partial charge in [-0.2, -0.15) is 5.10 Å². The van der Waals surface area contributed by atoms with Gasteiger partial charge in [0.05, 0.1) is 17.5 Å². The number of nitrogens with one attached hydrogen (secondary N) is 1. The summed E-state index contributed by atoms with van der Waals surface area (Å²) in [5, 5.41) is 22.2. The quantitative estimate of drug-likeness (QED) is 0.227. The zero-order chi connectivity index (χ0) is 23.9. The summed E-state index contributed by atoms with van der Waals surface area (Å²) in [7, 11) is 0. The van der Waals surface area contributed by atoms with E-state index < -0.39 is 5.97 Å². The van der Waals surface area contributed by atoms with E-state index in [1.54, 1.807) is 12.1 Å². The second-order valence-electron chi connectivity index (χ2n) is 7.35. The van der Waals surface area contributed by atoms with Crippen LogP contribution in [-0.4, -0.2) is 43.7 Å². The number of hydrogen-bond donors (Lipinski definition) is 2. The van der Waals surface area contributed by atoms with E-state index >= 15 is 0 Å². The van der Waals surface area contributed by atoms with Gasteiger partial charge in [-0.15, -0.1) is 10.2 Å². The average molecular weight is 472 g/mol. The van der Waals surface area contributed by atoms with Crippen molar-refractivity contribution in [3.63, 3.8) is 0 Å². The first kappa shape index (κ1) is 22.9. The molecule has 34 heavy (non-hydrogen) atoms. The van der Waals surface area contributed by atoms with E-state index in [9.17, 15) is 9.59 Å². The van der Waals surface area contributed by atoms with Gasteiger partial charge in [-0.1, -0.05) is 71.9 Å². The molecule has 0 aliphatic rings. The number of carbonyl (C=O) groups is 2. The van der Waals surface area contributed by atoms with Crippen molar-refractivity contribution in [3.8, 4) is 17.1 Å². The van der Waals surface area contributed by atoms with Gasteiger partial charge in [-0.05, 0) is 36.8 Å². The van der Waals surface area contributed by atoms with Crippen LogP contribution < -0.4 is 5.43 Å². The lowest BCUT2D eigenvalue weighted by atomic mass is 10.1. The lowest BCUT2D eigenvalue weighted by Gasteiger charge is -2.10. The molecule has 3 aromatic carbocycles. The molecule has 0 bridgehead atoms. The third kappa shape index (κ3) is 5.57. The Morgan fingerprint density at radius 1 is 1.00 bits per heavy atom. The summed E-state index contributed by atoms with van der Waals surface area (Å²) in [5.74, 6) is -0.519. The molecule has 0 aliphatic heterocycles. The number of hydrogen-bond acceptors (Lipinski definition) is 6. The van der Waals surface area contributed by atoms with Gasteiger partial charge < -0.3 is 5.11 Å². The Morgan fingerprint density at radius 3 is 2.38 bits per heavy atom. The molecule has 0 aliphatic carbocycles. The van der Waals surface area contributed by atoms with Crippen LogP contribution in [0.5, 0.6) is 0 Å². The fourth-order valence-electron chi connectivity index (χ4n) is 3.12. The zero-order valence-corrected chi connectivity index (χ0v) is 19.1. The van der Waals surface area contributed by atoms with Crippen LogP contribution in [0.15, 0.2) is 89.1 Å². The molecule has 170 valence electrons. The van der Waals surface area contributed by atoms with Gasteiger partial charge >= 0.3 is 5.97 Å². The molecule has 0 saturated heterocycles. The van der Waals surface area contributed by atoms with E-state index in [4.69, 9.17) is 5.11 Å². The summed E-state index contributed by atoms with van der Waals surface area (Å²) in [6.45, 7) is 2.02. The van der Waals surface area contributed by atoms with E-state index in [1.807, 2.05) is 66.1 Å². The molecular formula is C25H21N5O3S. The number of nitrogens with zero attached hydrogens (tertiary/aromatic N) is 4. The number of carbonyl (C=O) groups excluding carboxylic acids is 1. The minimum Gasteiger partial charge on any atom is -0.478 e. The predicted octanol–water partition coefficient (Wildman–Crippen LogP) is 4.18. The van der Waals surface area contributed by atoms with E-state index in [2.05, 4.69) is 20.7 Å². The Labute approximate surface area is 200 Å². The fourth-order valence-corrected chi connectivity index (χ4v) is 3.86. The van der Waals surface area contributed by atoms with Crippen molar-refractivity contribution < 1.29 is 14.7 Å². The first-order valence-corrected chi connectivity index (χ1v) is 11.4. The standard InChI is InChI=1S/C25H21N5O3S/c1-17-7-13-21(14-8-17)30-23(19-5-3-2-4-6-19)28-29-25(30)34-16-22(31)27-26-15-18-9-11-20(12-10-18)24(32)33/h2-15H,16H2,1H3,(H,27,31)(H,32,33). The Kier molecular flexibility index (Phi) is 7.14. The first-order chi connectivity index (χ1) is 16.5. The van der Waals surface area contributed by atoms with E-state index in [1.165, 1.54) is 30.1 Å². The van der Waals surface area contributed by atoms with Crippen LogP contribution in [0, 0.1) is 6.92 Å². The lowest BCUT2D eigenvalue weighted by molar-refractivity contribution is -0.118. The van der Waals surface area contributed by atoms with Gasteiger partial charge in [0.2, 0.25) is 0 Å². The van der Waals surface area contributed by atoms with Crippen molar-refractivity contribution in [2.75, 3.05) is 5.75 Å². The first-order valence-electron chi connectivity index (χ1n) is 10.4. The van der Waals surface area contributed by atoms with Crippen LogP contribution >= 0.6 is 11.8 Å². The number of carboxylic acid groups (broad SMARTS) is 1. The second-order valence-corrected chi connectivity index (χ2v) is 8.29. The lowest BCUT2D eigenvalue weighted by Crippen LogP contribution is -2.20. The highest BCUT2D eigenvalue weighted by atomic mass is 32.2. The average Bonchev–Trinajstić information content (AvgIpc) is 3.28. The molecule has 0 saturated carbocycles. The Hall–Kier alpha value is -4.24. The predicted molar refractivity (Wildman–Crippen MR) is 131 cm³/mol. The summed E-state index contributed by atoms with van der Waals surface area (Å²) in [6.07, 6.45) is 1.45.